The summed E-state index contributed by atoms with van der Waals surface area (Å²) in [4.78, 5) is 0. The van der Waals surface area contributed by atoms with Crippen molar-refractivity contribution in [3.05, 3.63) is 0 Å². The summed E-state index contributed by atoms with van der Waals surface area (Å²) in [6.45, 7) is 3.86. The Balaban J connectivity index is 1.76. The first kappa shape index (κ1) is 10.4. The SMILES string of the molecule is CC(CC1COCCC1O)C1CCC1. The van der Waals surface area contributed by atoms with Gasteiger partial charge in [-0.25, -0.2) is 0 Å². The second-order valence-electron chi connectivity index (χ2n) is 5.09. The third-order valence-electron chi connectivity index (χ3n) is 4.06. The topological polar surface area (TPSA) is 29.5 Å². The summed E-state index contributed by atoms with van der Waals surface area (Å²) in [5, 5.41) is 9.81. The molecule has 3 atom stereocenters. The highest BCUT2D eigenvalue weighted by atomic mass is 16.5. The molecule has 2 fully saturated rings. The molecule has 0 bridgehead atoms. The maximum absolute atomic E-state index is 9.81. The quantitative estimate of drug-likeness (QED) is 0.753. The van der Waals surface area contributed by atoms with E-state index in [9.17, 15) is 5.11 Å². The number of aliphatic hydroxyl groups excluding tert-OH is 1. The van der Waals surface area contributed by atoms with E-state index in [0.717, 1.165) is 37.9 Å². The molecule has 2 nitrogen and oxygen atoms in total. The van der Waals surface area contributed by atoms with Gasteiger partial charge in [0.1, 0.15) is 0 Å². The molecule has 2 aliphatic rings. The van der Waals surface area contributed by atoms with Gasteiger partial charge in [0.05, 0.1) is 12.7 Å². The number of ether oxygens (including phenoxy) is 1. The summed E-state index contributed by atoms with van der Waals surface area (Å²) in [6.07, 6.45) is 6.12. The maximum atomic E-state index is 9.81. The standard InChI is InChI=1S/C12H22O2/c1-9(10-3-2-4-10)7-11-8-14-6-5-12(11)13/h9-13H,2-8H2,1H3. The lowest BCUT2D eigenvalue weighted by molar-refractivity contribution is -0.0474. The molecule has 1 aliphatic carbocycles. The van der Waals surface area contributed by atoms with E-state index in [2.05, 4.69) is 6.92 Å². The molecule has 1 saturated carbocycles. The van der Waals surface area contributed by atoms with E-state index in [0.29, 0.717) is 5.92 Å². The van der Waals surface area contributed by atoms with E-state index in [4.69, 9.17) is 4.74 Å². The first-order chi connectivity index (χ1) is 6.77. The average Bonchev–Trinajstić information content (AvgIpc) is 2.05. The van der Waals surface area contributed by atoms with Crippen LogP contribution in [0.15, 0.2) is 0 Å². The predicted molar refractivity (Wildman–Crippen MR) is 56.1 cm³/mol. The highest BCUT2D eigenvalue weighted by Gasteiger charge is 2.30. The molecule has 0 radical (unpaired) electrons. The minimum Gasteiger partial charge on any atom is -0.393 e. The van der Waals surface area contributed by atoms with Crippen molar-refractivity contribution < 1.29 is 9.84 Å². The average molecular weight is 198 g/mol. The van der Waals surface area contributed by atoms with Gasteiger partial charge in [0, 0.05) is 12.5 Å². The summed E-state index contributed by atoms with van der Waals surface area (Å²) < 4.78 is 5.42. The number of hydrogen-bond acceptors (Lipinski definition) is 2. The van der Waals surface area contributed by atoms with Crippen molar-refractivity contribution in [2.75, 3.05) is 13.2 Å². The van der Waals surface area contributed by atoms with Crippen LogP contribution in [0.5, 0.6) is 0 Å². The molecule has 2 heteroatoms. The predicted octanol–water partition coefficient (Wildman–Crippen LogP) is 2.21. The van der Waals surface area contributed by atoms with Gasteiger partial charge in [-0.3, -0.25) is 0 Å². The Kier molecular flexibility index (Phi) is 3.45. The molecule has 14 heavy (non-hydrogen) atoms. The summed E-state index contributed by atoms with van der Waals surface area (Å²) in [5.41, 5.74) is 0. The van der Waals surface area contributed by atoms with E-state index in [-0.39, 0.29) is 6.10 Å². The lowest BCUT2D eigenvalue weighted by Crippen LogP contribution is -2.34. The van der Waals surface area contributed by atoms with Crippen LogP contribution in [0.4, 0.5) is 0 Å². The van der Waals surface area contributed by atoms with Crippen LogP contribution in [0.25, 0.3) is 0 Å². The monoisotopic (exact) mass is 198 g/mol. The van der Waals surface area contributed by atoms with Crippen molar-refractivity contribution in [1.82, 2.24) is 0 Å². The fourth-order valence-corrected chi connectivity index (χ4v) is 2.69. The Morgan fingerprint density at radius 3 is 2.71 bits per heavy atom. The van der Waals surface area contributed by atoms with Gasteiger partial charge in [-0.2, -0.15) is 0 Å². The Morgan fingerprint density at radius 1 is 1.36 bits per heavy atom. The van der Waals surface area contributed by atoms with Crippen LogP contribution in [-0.4, -0.2) is 24.4 Å². The number of aliphatic hydroxyl groups is 1. The van der Waals surface area contributed by atoms with Gasteiger partial charge in [0.15, 0.2) is 0 Å². The molecule has 3 unspecified atom stereocenters. The van der Waals surface area contributed by atoms with E-state index >= 15 is 0 Å². The minimum absolute atomic E-state index is 0.105. The van der Waals surface area contributed by atoms with Gasteiger partial charge in [0.25, 0.3) is 0 Å². The van der Waals surface area contributed by atoms with Crippen molar-refractivity contribution in [3.8, 4) is 0 Å². The molecular weight excluding hydrogens is 176 g/mol. The van der Waals surface area contributed by atoms with Crippen molar-refractivity contribution in [2.45, 2.75) is 45.1 Å². The molecule has 0 aromatic carbocycles. The largest absolute Gasteiger partial charge is 0.393 e. The number of rotatable bonds is 3. The fourth-order valence-electron chi connectivity index (χ4n) is 2.69. The lowest BCUT2D eigenvalue weighted by Gasteiger charge is -2.36. The first-order valence-electron chi connectivity index (χ1n) is 6.03. The third-order valence-corrected chi connectivity index (χ3v) is 4.06. The first-order valence-corrected chi connectivity index (χ1v) is 6.03. The molecule has 0 amide bonds. The molecule has 0 aromatic heterocycles. The fraction of sp³-hybridized carbons (Fsp3) is 1.00. The second-order valence-corrected chi connectivity index (χ2v) is 5.09. The summed E-state index contributed by atoms with van der Waals surface area (Å²) in [5.74, 6) is 2.12. The third kappa shape index (κ3) is 2.29. The van der Waals surface area contributed by atoms with Crippen LogP contribution in [-0.2, 0) is 4.74 Å². The molecule has 2 rings (SSSR count). The van der Waals surface area contributed by atoms with Crippen LogP contribution in [0, 0.1) is 17.8 Å². The highest BCUT2D eigenvalue weighted by molar-refractivity contribution is 4.80. The van der Waals surface area contributed by atoms with Gasteiger partial charge < -0.3 is 9.84 Å². The smallest absolute Gasteiger partial charge is 0.0612 e. The summed E-state index contributed by atoms with van der Waals surface area (Å²) in [7, 11) is 0. The van der Waals surface area contributed by atoms with Gasteiger partial charge in [-0.1, -0.05) is 26.2 Å². The zero-order valence-corrected chi connectivity index (χ0v) is 9.11. The molecular formula is C12H22O2. The molecule has 1 aliphatic heterocycles. The zero-order valence-electron chi connectivity index (χ0n) is 9.11. The zero-order chi connectivity index (χ0) is 9.97. The van der Waals surface area contributed by atoms with Crippen molar-refractivity contribution >= 4 is 0 Å². The van der Waals surface area contributed by atoms with E-state index in [1.54, 1.807) is 0 Å². The Bertz CT molecular complexity index is 177. The van der Waals surface area contributed by atoms with Gasteiger partial charge in [-0.05, 0) is 24.7 Å². The minimum atomic E-state index is -0.105. The Morgan fingerprint density at radius 2 is 2.14 bits per heavy atom. The molecule has 1 heterocycles. The number of hydrogen-bond donors (Lipinski definition) is 1. The van der Waals surface area contributed by atoms with E-state index in [1.165, 1.54) is 19.3 Å². The molecule has 0 aromatic rings. The second kappa shape index (κ2) is 4.63. The summed E-state index contributed by atoms with van der Waals surface area (Å²) >= 11 is 0. The van der Waals surface area contributed by atoms with Crippen molar-refractivity contribution in [2.24, 2.45) is 17.8 Å². The van der Waals surface area contributed by atoms with Crippen LogP contribution < -0.4 is 0 Å². The van der Waals surface area contributed by atoms with Gasteiger partial charge in [0.2, 0.25) is 0 Å². The summed E-state index contributed by atoms with van der Waals surface area (Å²) in [6, 6.07) is 0. The van der Waals surface area contributed by atoms with Crippen LogP contribution in [0.3, 0.4) is 0 Å². The van der Waals surface area contributed by atoms with Crippen molar-refractivity contribution in [3.63, 3.8) is 0 Å². The molecule has 82 valence electrons. The van der Waals surface area contributed by atoms with Crippen LogP contribution >= 0.6 is 0 Å². The van der Waals surface area contributed by atoms with Crippen molar-refractivity contribution in [1.29, 1.82) is 0 Å². The Labute approximate surface area is 86.6 Å². The maximum Gasteiger partial charge on any atom is 0.0612 e. The van der Waals surface area contributed by atoms with Crippen LogP contribution in [0.1, 0.15) is 39.0 Å². The van der Waals surface area contributed by atoms with E-state index < -0.39 is 0 Å². The Hall–Kier alpha value is -0.0800. The molecule has 0 spiro atoms. The van der Waals surface area contributed by atoms with Gasteiger partial charge >= 0.3 is 0 Å². The molecule has 1 N–H and O–H groups in total. The van der Waals surface area contributed by atoms with E-state index in [1.807, 2.05) is 0 Å². The highest BCUT2D eigenvalue weighted by Crippen LogP contribution is 2.37. The molecule has 1 saturated heterocycles. The normalized spacial score (nSPS) is 36.4. The lowest BCUT2D eigenvalue weighted by atomic mass is 9.72. The van der Waals surface area contributed by atoms with Crippen LogP contribution in [0.2, 0.25) is 0 Å². The van der Waals surface area contributed by atoms with Gasteiger partial charge in [-0.15, -0.1) is 0 Å².